The van der Waals surface area contributed by atoms with Crippen molar-refractivity contribution >= 4 is 10.0 Å². The van der Waals surface area contributed by atoms with E-state index >= 15 is 0 Å². The van der Waals surface area contributed by atoms with Gasteiger partial charge in [-0.05, 0) is 30.7 Å². The van der Waals surface area contributed by atoms with E-state index in [1.807, 2.05) is 0 Å². The third kappa shape index (κ3) is 2.57. The van der Waals surface area contributed by atoms with Gasteiger partial charge in [-0.2, -0.15) is 4.31 Å². The predicted molar refractivity (Wildman–Crippen MR) is 75.1 cm³/mol. The Kier molecular flexibility index (Phi) is 4.03. The Morgan fingerprint density at radius 3 is 2.58 bits per heavy atom. The number of sulfonamides is 1. The van der Waals surface area contributed by atoms with Gasteiger partial charge in [0, 0.05) is 31.5 Å². The van der Waals surface area contributed by atoms with Crippen LogP contribution in [0.2, 0.25) is 0 Å². The first-order chi connectivity index (χ1) is 8.97. The highest BCUT2D eigenvalue weighted by Gasteiger charge is 2.40. The van der Waals surface area contributed by atoms with Crippen LogP contribution in [-0.2, 0) is 16.6 Å². The van der Waals surface area contributed by atoms with Gasteiger partial charge in [-0.25, -0.2) is 8.42 Å². The van der Waals surface area contributed by atoms with Gasteiger partial charge in [0.15, 0.2) is 0 Å². The van der Waals surface area contributed by atoms with Gasteiger partial charge in [0.05, 0.1) is 4.90 Å². The van der Waals surface area contributed by atoms with Gasteiger partial charge in [0.2, 0.25) is 10.0 Å². The zero-order chi connectivity index (χ0) is 14.1. The fraction of sp³-hybridized carbons (Fsp3) is 0.692. The molecule has 1 aromatic rings. The number of aromatic amines is 1. The first kappa shape index (κ1) is 14.6. The molecule has 0 bridgehead atoms. The van der Waals surface area contributed by atoms with Crippen LogP contribution in [0.3, 0.4) is 0 Å². The molecule has 1 fully saturated rings. The molecule has 6 heteroatoms. The van der Waals surface area contributed by atoms with E-state index in [2.05, 4.69) is 18.8 Å². The highest BCUT2D eigenvalue weighted by atomic mass is 32.2. The van der Waals surface area contributed by atoms with Gasteiger partial charge in [-0.15, -0.1) is 0 Å². The lowest BCUT2D eigenvalue weighted by Crippen LogP contribution is -2.31. The summed E-state index contributed by atoms with van der Waals surface area (Å²) in [7, 11) is -3.37. The Hall–Kier alpha value is -0.850. The second-order valence-electron chi connectivity index (χ2n) is 5.36. The van der Waals surface area contributed by atoms with Crippen LogP contribution >= 0.6 is 0 Å². The van der Waals surface area contributed by atoms with Crippen molar-refractivity contribution in [3.63, 3.8) is 0 Å². The molecular weight excluding hydrogens is 262 g/mol. The molecule has 0 atom stereocenters. The van der Waals surface area contributed by atoms with Crippen LogP contribution in [0.1, 0.15) is 38.8 Å². The molecule has 1 aromatic heterocycles. The van der Waals surface area contributed by atoms with Gasteiger partial charge in [-0.1, -0.05) is 13.8 Å². The van der Waals surface area contributed by atoms with Crippen molar-refractivity contribution in [2.24, 2.45) is 11.1 Å². The summed E-state index contributed by atoms with van der Waals surface area (Å²) < 4.78 is 26.7. The third-order valence-corrected chi connectivity index (χ3v) is 6.30. The Morgan fingerprint density at radius 1 is 1.42 bits per heavy atom. The zero-order valence-corrected chi connectivity index (χ0v) is 12.5. The maximum absolute atomic E-state index is 12.5. The summed E-state index contributed by atoms with van der Waals surface area (Å²) in [5.41, 5.74) is 6.40. The maximum atomic E-state index is 12.5. The van der Waals surface area contributed by atoms with Gasteiger partial charge in [-0.3, -0.25) is 0 Å². The van der Waals surface area contributed by atoms with Crippen LogP contribution in [0.5, 0.6) is 0 Å². The molecule has 0 saturated carbocycles. The zero-order valence-electron chi connectivity index (χ0n) is 11.6. The van der Waals surface area contributed by atoms with Crippen molar-refractivity contribution in [3.8, 4) is 0 Å². The highest BCUT2D eigenvalue weighted by molar-refractivity contribution is 7.89. The molecule has 1 saturated heterocycles. The number of rotatable bonds is 5. The van der Waals surface area contributed by atoms with Crippen molar-refractivity contribution in [1.29, 1.82) is 0 Å². The molecule has 2 rings (SSSR count). The lowest BCUT2D eigenvalue weighted by Gasteiger charge is -2.26. The topological polar surface area (TPSA) is 79.2 Å². The Balaban J connectivity index is 2.22. The molecule has 0 aliphatic carbocycles. The monoisotopic (exact) mass is 285 g/mol. The number of H-pyrrole nitrogens is 1. The average molecular weight is 285 g/mol. The predicted octanol–water partition coefficient (Wildman–Crippen LogP) is 1.67. The molecule has 0 amide bonds. The van der Waals surface area contributed by atoms with Gasteiger partial charge in [0.1, 0.15) is 0 Å². The molecular formula is C13H23N3O2S. The number of nitrogens with one attached hydrogen (secondary N) is 1. The number of nitrogens with zero attached hydrogens (tertiary/aromatic N) is 1. The van der Waals surface area contributed by atoms with E-state index in [1.54, 1.807) is 10.4 Å². The van der Waals surface area contributed by atoms with Crippen LogP contribution in [-0.4, -0.2) is 30.8 Å². The van der Waals surface area contributed by atoms with E-state index in [9.17, 15) is 8.42 Å². The molecule has 0 spiro atoms. The molecule has 1 aliphatic heterocycles. The summed E-state index contributed by atoms with van der Waals surface area (Å²) in [5, 5.41) is 0. The molecule has 0 radical (unpaired) electrons. The molecule has 0 aromatic carbocycles. The maximum Gasteiger partial charge on any atom is 0.244 e. The molecule has 1 aliphatic rings. The van der Waals surface area contributed by atoms with Crippen LogP contribution in [0.25, 0.3) is 0 Å². The van der Waals surface area contributed by atoms with E-state index in [1.165, 1.54) is 6.20 Å². The summed E-state index contributed by atoms with van der Waals surface area (Å²) >= 11 is 0. The molecule has 19 heavy (non-hydrogen) atoms. The van der Waals surface area contributed by atoms with Crippen molar-refractivity contribution in [3.05, 3.63) is 18.0 Å². The SMILES string of the molecule is CCC1(CC)CCN(S(=O)(=O)c2c[nH]c(CN)c2)C1. The number of nitrogens with two attached hydrogens (primary N) is 1. The molecule has 2 heterocycles. The Labute approximate surface area is 115 Å². The fourth-order valence-corrected chi connectivity index (χ4v) is 4.33. The minimum atomic E-state index is -3.37. The first-order valence-electron chi connectivity index (χ1n) is 6.85. The minimum absolute atomic E-state index is 0.153. The normalized spacial score (nSPS) is 19.9. The van der Waals surface area contributed by atoms with Gasteiger partial charge < -0.3 is 10.7 Å². The summed E-state index contributed by atoms with van der Waals surface area (Å²) in [6.07, 6.45) is 4.54. The minimum Gasteiger partial charge on any atom is -0.363 e. The lowest BCUT2D eigenvalue weighted by molar-refractivity contribution is 0.279. The molecule has 5 nitrogen and oxygen atoms in total. The smallest absolute Gasteiger partial charge is 0.244 e. The van der Waals surface area contributed by atoms with E-state index < -0.39 is 10.0 Å². The summed E-state index contributed by atoms with van der Waals surface area (Å²) in [6.45, 7) is 5.85. The van der Waals surface area contributed by atoms with E-state index in [0.29, 0.717) is 24.5 Å². The van der Waals surface area contributed by atoms with Crippen molar-refractivity contribution < 1.29 is 8.42 Å². The average Bonchev–Trinajstić information content (AvgIpc) is 3.06. The van der Waals surface area contributed by atoms with Crippen LogP contribution in [0, 0.1) is 5.41 Å². The Morgan fingerprint density at radius 2 is 2.11 bits per heavy atom. The van der Waals surface area contributed by atoms with E-state index in [0.717, 1.165) is 25.0 Å². The standard InChI is InChI=1S/C13H23N3O2S/c1-3-13(4-2)5-6-16(10-13)19(17,18)12-7-11(8-14)15-9-12/h7,9,15H,3-6,8,10,14H2,1-2H3. The van der Waals surface area contributed by atoms with Crippen LogP contribution < -0.4 is 5.73 Å². The molecule has 0 unspecified atom stereocenters. The fourth-order valence-electron chi connectivity index (χ4n) is 2.76. The summed E-state index contributed by atoms with van der Waals surface area (Å²) in [5.74, 6) is 0. The van der Waals surface area contributed by atoms with E-state index in [-0.39, 0.29) is 5.41 Å². The third-order valence-electron chi connectivity index (χ3n) is 4.48. The second-order valence-corrected chi connectivity index (χ2v) is 7.30. The Bertz CT molecular complexity index is 532. The molecule has 108 valence electrons. The first-order valence-corrected chi connectivity index (χ1v) is 8.29. The number of aromatic nitrogens is 1. The van der Waals surface area contributed by atoms with Crippen molar-refractivity contribution in [2.75, 3.05) is 13.1 Å². The van der Waals surface area contributed by atoms with Crippen LogP contribution in [0.4, 0.5) is 0 Å². The number of hydrogen-bond acceptors (Lipinski definition) is 3. The number of hydrogen-bond donors (Lipinski definition) is 2. The summed E-state index contributed by atoms with van der Waals surface area (Å²) in [6, 6.07) is 1.63. The quantitative estimate of drug-likeness (QED) is 0.863. The highest BCUT2D eigenvalue weighted by Crippen LogP contribution is 2.39. The van der Waals surface area contributed by atoms with Crippen molar-refractivity contribution in [2.45, 2.75) is 44.6 Å². The summed E-state index contributed by atoms with van der Waals surface area (Å²) in [4.78, 5) is 3.23. The van der Waals surface area contributed by atoms with Crippen molar-refractivity contribution in [1.82, 2.24) is 9.29 Å². The van der Waals surface area contributed by atoms with Gasteiger partial charge in [0.25, 0.3) is 0 Å². The van der Waals surface area contributed by atoms with Crippen LogP contribution in [0.15, 0.2) is 17.2 Å². The van der Waals surface area contributed by atoms with E-state index in [4.69, 9.17) is 5.73 Å². The largest absolute Gasteiger partial charge is 0.363 e. The van der Waals surface area contributed by atoms with Gasteiger partial charge >= 0.3 is 0 Å². The molecule has 3 N–H and O–H groups in total. The second kappa shape index (κ2) is 5.26. The lowest BCUT2D eigenvalue weighted by atomic mass is 9.82.